The summed E-state index contributed by atoms with van der Waals surface area (Å²) in [5.74, 6) is -0.0558. The lowest BCUT2D eigenvalue weighted by atomic mass is 10.4. The molecule has 0 fully saturated rings. The summed E-state index contributed by atoms with van der Waals surface area (Å²) in [5, 5.41) is 13.4. The molecule has 106 valence electrons. The summed E-state index contributed by atoms with van der Waals surface area (Å²) in [6.45, 7) is -0.00974. The molecular formula is C9H14N4O5S. The number of nitro groups is 1. The third kappa shape index (κ3) is 4.34. The van der Waals surface area contributed by atoms with Gasteiger partial charge in [0.05, 0.1) is 17.8 Å². The van der Waals surface area contributed by atoms with Gasteiger partial charge in [0.25, 0.3) is 0 Å². The fraction of sp³-hybridized carbons (Fsp3) is 0.444. The van der Waals surface area contributed by atoms with E-state index >= 15 is 0 Å². The number of pyridine rings is 1. The quantitative estimate of drug-likeness (QED) is 0.533. The van der Waals surface area contributed by atoms with Gasteiger partial charge in [-0.1, -0.05) is 0 Å². The topological polar surface area (TPSA) is 123 Å². The lowest BCUT2D eigenvalue weighted by molar-refractivity contribution is -0.384. The highest BCUT2D eigenvalue weighted by Crippen LogP contribution is 2.24. The second kappa shape index (κ2) is 6.29. The van der Waals surface area contributed by atoms with E-state index < -0.39 is 14.9 Å². The van der Waals surface area contributed by atoms with Crippen LogP contribution in [0.4, 0.5) is 11.5 Å². The third-order valence-corrected chi connectivity index (χ3v) is 3.59. The maximum atomic E-state index is 11.2. The van der Waals surface area contributed by atoms with Gasteiger partial charge in [-0.25, -0.2) is 13.1 Å². The van der Waals surface area contributed by atoms with Gasteiger partial charge >= 0.3 is 5.69 Å². The number of aromatic nitrogens is 1. The molecule has 1 aromatic heterocycles. The maximum absolute atomic E-state index is 11.2. The Balaban J connectivity index is 2.84. The van der Waals surface area contributed by atoms with E-state index in [2.05, 4.69) is 15.0 Å². The summed E-state index contributed by atoms with van der Waals surface area (Å²) >= 11 is 0. The molecule has 0 atom stereocenters. The van der Waals surface area contributed by atoms with E-state index in [1.807, 2.05) is 0 Å². The molecule has 0 amide bonds. The van der Waals surface area contributed by atoms with Crippen LogP contribution >= 0.6 is 0 Å². The second-order valence-corrected chi connectivity index (χ2v) is 5.47. The van der Waals surface area contributed by atoms with Crippen LogP contribution < -0.4 is 14.8 Å². The normalized spacial score (nSPS) is 11.1. The number of methoxy groups -OCH3 is 1. The molecule has 0 radical (unpaired) electrons. The van der Waals surface area contributed by atoms with Crippen molar-refractivity contribution in [3.05, 3.63) is 22.2 Å². The van der Waals surface area contributed by atoms with Gasteiger partial charge in [0.1, 0.15) is 0 Å². The Bertz CT molecular complexity index is 560. The minimum atomic E-state index is -3.38. The number of rotatable bonds is 7. The molecule has 9 nitrogen and oxygen atoms in total. The van der Waals surface area contributed by atoms with Crippen molar-refractivity contribution < 1.29 is 18.1 Å². The number of hydrogen-bond acceptors (Lipinski definition) is 7. The van der Waals surface area contributed by atoms with Crippen molar-refractivity contribution in [3.63, 3.8) is 0 Å². The largest absolute Gasteiger partial charge is 0.481 e. The molecule has 0 bridgehead atoms. The van der Waals surface area contributed by atoms with Gasteiger partial charge in [0.15, 0.2) is 0 Å². The monoisotopic (exact) mass is 290 g/mol. The molecule has 2 N–H and O–H groups in total. The zero-order valence-electron chi connectivity index (χ0n) is 10.4. The summed E-state index contributed by atoms with van der Waals surface area (Å²) in [5.41, 5.74) is -0.248. The zero-order chi connectivity index (χ0) is 14.5. The molecule has 0 unspecified atom stereocenters. The van der Waals surface area contributed by atoms with E-state index in [-0.39, 0.29) is 29.7 Å². The predicted molar refractivity (Wildman–Crippen MR) is 68.8 cm³/mol. The number of hydrogen-bond donors (Lipinski definition) is 2. The molecule has 0 aliphatic heterocycles. The van der Waals surface area contributed by atoms with Crippen LogP contribution in [-0.2, 0) is 10.0 Å². The highest BCUT2D eigenvalue weighted by molar-refractivity contribution is 7.89. The van der Waals surface area contributed by atoms with Crippen molar-refractivity contribution in [2.24, 2.45) is 0 Å². The molecule has 0 spiro atoms. The van der Waals surface area contributed by atoms with Gasteiger partial charge in [-0.15, -0.1) is 0 Å². The minimum Gasteiger partial charge on any atom is -0.481 e. The van der Waals surface area contributed by atoms with Crippen molar-refractivity contribution >= 4 is 21.5 Å². The smallest absolute Gasteiger partial charge is 0.311 e. The Kier molecular flexibility index (Phi) is 5.01. The summed E-state index contributed by atoms with van der Waals surface area (Å²) in [6.07, 6.45) is 0. The average Bonchev–Trinajstić information content (AvgIpc) is 2.38. The van der Waals surface area contributed by atoms with E-state index in [4.69, 9.17) is 4.74 Å². The molecule has 1 aromatic rings. The molecule has 0 saturated carbocycles. The van der Waals surface area contributed by atoms with E-state index in [1.54, 1.807) is 0 Å². The van der Waals surface area contributed by atoms with Crippen LogP contribution in [-0.4, -0.2) is 44.8 Å². The molecule has 0 aliphatic carbocycles. The summed E-state index contributed by atoms with van der Waals surface area (Å²) in [6, 6.07) is 2.59. The van der Waals surface area contributed by atoms with Crippen LogP contribution in [0.15, 0.2) is 12.1 Å². The highest BCUT2D eigenvalue weighted by atomic mass is 32.2. The average molecular weight is 290 g/mol. The van der Waals surface area contributed by atoms with E-state index in [9.17, 15) is 18.5 Å². The lowest BCUT2D eigenvalue weighted by Crippen LogP contribution is -2.26. The van der Waals surface area contributed by atoms with Crippen LogP contribution in [0.5, 0.6) is 5.88 Å². The fourth-order valence-electron chi connectivity index (χ4n) is 1.23. The van der Waals surface area contributed by atoms with Crippen LogP contribution in [0, 0.1) is 10.1 Å². The van der Waals surface area contributed by atoms with Crippen molar-refractivity contribution in [2.45, 2.75) is 0 Å². The SMILES string of the molecule is CNS(=O)(=O)CCNc1nc(OC)ccc1[N+](=O)[O-]. The Labute approximate surface area is 110 Å². The van der Waals surface area contributed by atoms with Crippen LogP contribution in [0.2, 0.25) is 0 Å². The summed E-state index contributed by atoms with van der Waals surface area (Å²) in [7, 11) is -0.708. The van der Waals surface area contributed by atoms with Gasteiger partial charge in [-0.3, -0.25) is 10.1 Å². The van der Waals surface area contributed by atoms with E-state index in [0.717, 1.165) is 0 Å². The highest BCUT2D eigenvalue weighted by Gasteiger charge is 2.17. The van der Waals surface area contributed by atoms with Crippen molar-refractivity contribution in [3.8, 4) is 5.88 Å². The number of nitrogens with zero attached hydrogens (tertiary/aromatic N) is 2. The minimum absolute atomic E-state index is 0.00974. The first-order chi connectivity index (χ1) is 8.89. The molecule has 10 heteroatoms. The first-order valence-electron chi connectivity index (χ1n) is 5.24. The first-order valence-corrected chi connectivity index (χ1v) is 6.89. The molecule has 0 aromatic carbocycles. The van der Waals surface area contributed by atoms with Gasteiger partial charge < -0.3 is 10.1 Å². The lowest BCUT2D eigenvalue weighted by Gasteiger charge is -2.07. The molecule has 1 heterocycles. The van der Waals surface area contributed by atoms with Crippen LogP contribution in [0.1, 0.15) is 0 Å². The Morgan fingerprint density at radius 1 is 1.47 bits per heavy atom. The number of anilines is 1. The molecule has 0 aliphatic rings. The van der Waals surface area contributed by atoms with Gasteiger partial charge in [0, 0.05) is 18.7 Å². The number of nitrogens with one attached hydrogen (secondary N) is 2. The molecule has 19 heavy (non-hydrogen) atoms. The van der Waals surface area contributed by atoms with Gasteiger partial charge in [0.2, 0.25) is 21.7 Å². The van der Waals surface area contributed by atoms with Crippen LogP contribution in [0.25, 0.3) is 0 Å². The van der Waals surface area contributed by atoms with Gasteiger partial charge in [-0.2, -0.15) is 4.98 Å². The first kappa shape index (κ1) is 15.1. The number of ether oxygens (including phenoxy) is 1. The standard InChI is InChI=1S/C9H14N4O5S/c1-10-19(16,17)6-5-11-9-7(13(14)15)3-4-8(12-9)18-2/h3-4,10H,5-6H2,1-2H3,(H,11,12). The molecular weight excluding hydrogens is 276 g/mol. The summed E-state index contributed by atoms with van der Waals surface area (Å²) in [4.78, 5) is 14.0. The van der Waals surface area contributed by atoms with Gasteiger partial charge in [-0.05, 0) is 7.05 Å². The number of sulfonamides is 1. The van der Waals surface area contributed by atoms with Crippen molar-refractivity contribution in [1.29, 1.82) is 0 Å². The Morgan fingerprint density at radius 3 is 2.68 bits per heavy atom. The summed E-state index contributed by atoms with van der Waals surface area (Å²) < 4.78 is 29.4. The predicted octanol–water partition coefficient (Wildman–Crippen LogP) is -0.0405. The Morgan fingerprint density at radius 2 is 2.16 bits per heavy atom. The zero-order valence-corrected chi connectivity index (χ0v) is 11.2. The molecule has 1 rings (SSSR count). The van der Waals surface area contributed by atoms with E-state index in [0.29, 0.717) is 0 Å². The Hall–Kier alpha value is -1.94. The van der Waals surface area contributed by atoms with E-state index in [1.165, 1.54) is 26.3 Å². The van der Waals surface area contributed by atoms with Crippen molar-refractivity contribution in [1.82, 2.24) is 9.71 Å². The second-order valence-electron chi connectivity index (χ2n) is 3.43. The maximum Gasteiger partial charge on any atom is 0.311 e. The van der Waals surface area contributed by atoms with Crippen molar-refractivity contribution in [2.75, 3.05) is 31.8 Å². The fourth-order valence-corrected chi connectivity index (χ4v) is 1.81. The third-order valence-electron chi connectivity index (χ3n) is 2.23. The van der Waals surface area contributed by atoms with Crippen LogP contribution in [0.3, 0.4) is 0 Å². The molecule has 0 saturated heterocycles.